The standard InChI is InChI=1S/C17H22BrNO2/c1-13(20)12-19-10-4-5-11-21-16-9-8-14-6-2-3-7-15(14)17(16)18/h2-3,6-9,13,19-20H,4-5,10-12H2,1H3/t13-/m1/s1. The summed E-state index contributed by atoms with van der Waals surface area (Å²) in [6, 6.07) is 12.3. The lowest BCUT2D eigenvalue weighted by Gasteiger charge is -2.11. The quantitative estimate of drug-likeness (QED) is 0.712. The third-order valence-corrected chi connectivity index (χ3v) is 4.09. The Morgan fingerprint density at radius 3 is 2.81 bits per heavy atom. The van der Waals surface area contributed by atoms with Crippen molar-refractivity contribution in [1.29, 1.82) is 0 Å². The van der Waals surface area contributed by atoms with Gasteiger partial charge in [0.15, 0.2) is 0 Å². The molecule has 0 radical (unpaired) electrons. The fourth-order valence-corrected chi connectivity index (χ4v) is 2.78. The van der Waals surface area contributed by atoms with Crippen LogP contribution < -0.4 is 10.1 Å². The molecule has 0 unspecified atom stereocenters. The lowest BCUT2D eigenvalue weighted by molar-refractivity contribution is 0.191. The number of hydrogen-bond donors (Lipinski definition) is 2. The average Bonchev–Trinajstić information content (AvgIpc) is 2.48. The molecule has 0 spiro atoms. The highest BCUT2D eigenvalue weighted by atomic mass is 79.9. The Labute approximate surface area is 134 Å². The first-order valence-electron chi connectivity index (χ1n) is 7.37. The summed E-state index contributed by atoms with van der Waals surface area (Å²) in [6.45, 7) is 4.05. The Morgan fingerprint density at radius 1 is 1.19 bits per heavy atom. The molecule has 2 rings (SSSR count). The fourth-order valence-electron chi connectivity index (χ4n) is 2.17. The molecule has 0 aliphatic rings. The number of nitrogens with one attached hydrogen (secondary N) is 1. The first-order chi connectivity index (χ1) is 10.2. The maximum Gasteiger partial charge on any atom is 0.134 e. The number of aliphatic hydroxyl groups is 1. The van der Waals surface area contributed by atoms with Crippen LogP contribution in [-0.4, -0.2) is 30.9 Å². The SMILES string of the molecule is C[C@@H](O)CNCCCCOc1ccc2ccccc2c1Br. The molecule has 0 amide bonds. The zero-order chi connectivity index (χ0) is 15.1. The van der Waals surface area contributed by atoms with Crippen LogP contribution in [0.15, 0.2) is 40.9 Å². The highest BCUT2D eigenvalue weighted by molar-refractivity contribution is 9.10. The van der Waals surface area contributed by atoms with Gasteiger partial charge < -0.3 is 15.2 Å². The van der Waals surface area contributed by atoms with Gasteiger partial charge in [0.2, 0.25) is 0 Å². The van der Waals surface area contributed by atoms with Gasteiger partial charge in [0.25, 0.3) is 0 Å². The molecule has 0 aliphatic heterocycles. The van der Waals surface area contributed by atoms with Crippen LogP contribution in [0.3, 0.4) is 0 Å². The van der Waals surface area contributed by atoms with Crippen molar-refractivity contribution < 1.29 is 9.84 Å². The lowest BCUT2D eigenvalue weighted by Crippen LogP contribution is -2.25. The van der Waals surface area contributed by atoms with Crippen LogP contribution in [0.5, 0.6) is 5.75 Å². The van der Waals surface area contributed by atoms with Crippen molar-refractivity contribution >= 4 is 26.7 Å². The van der Waals surface area contributed by atoms with Crippen molar-refractivity contribution in [2.45, 2.75) is 25.9 Å². The minimum Gasteiger partial charge on any atom is -0.492 e. The van der Waals surface area contributed by atoms with E-state index in [0.717, 1.165) is 29.6 Å². The number of aliphatic hydroxyl groups excluding tert-OH is 1. The van der Waals surface area contributed by atoms with E-state index in [9.17, 15) is 0 Å². The molecule has 2 aromatic carbocycles. The fraction of sp³-hybridized carbons (Fsp3) is 0.412. The molecule has 114 valence electrons. The van der Waals surface area contributed by atoms with E-state index in [1.165, 1.54) is 10.8 Å². The molecular weight excluding hydrogens is 330 g/mol. The molecule has 2 N–H and O–H groups in total. The molecule has 0 bridgehead atoms. The Balaban J connectivity index is 1.77. The number of halogens is 1. The van der Waals surface area contributed by atoms with E-state index < -0.39 is 0 Å². The molecule has 0 saturated carbocycles. The average molecular weight is 352 g/mol. The van der Waals surface area contributed by atoms with Gasteiger partial charge in [-0.1, -0.05) is 30.3 Å². The summed E-state index contributed by atoms with van der Waals surface area (Å²) in [5.74, 6) is 0.894. The normalized spacial score (nSPS) is 12.5. The van der Waals surface area contributed by atoms with Crippen molar-refractivity contribution in [2.24, 2.45) is 0 Å². The molecule has 0 aromatic heterocycles. The number of benzene rings is 2. The van der Waals surface area contributed by atoms with Crippen molar-refractivity contribution in [3.8, 4) is 5.75 Å². The molecular formula is C17H22BrNO2. The van der Waals surface area contributed by atoms with Crippen molar-refractivity contribution in [3.63, 3.8) is 0 Å². The lowest BCUT2D eigenvalue weighted by atomic mass is 10.1. The molecule has 3 nitrogen and oxygen atoms in total. The van der Waals surface area contributed by atoms with E-state index in [1.54, 1.807) is 6.92 Å². The first kappa shape index (κ1) is 16.3. The van der Waals surface area contributed by atoms with Gasteiger partial charge >= 0.3 is 0 Å². The third-order valence-electron chi connectivity index (χ3n) is 3.27. The zero-order valence-electron chi connectivity index (χ0n) is 12.3. The highest BCUT2D eigenvalue weighted by Gasteiger charge is 2.05. The molecule has 2 aromatic rings. The predicted molar refractivity (Wildman–Crippen MR) is 90.9 cm³/mol. The Morgan fingerprint density at radius 2 is 2.00 bits per heavy atom. The van der Waals surface area contributed by atoms with Crippen LogP contribution in [0.1, 0.15) is 19.8 Å². The molecule has 0 saturated heterocycles. The van der Waals surface area contributed by atoms with Gasteiger partial charge in [-0.2, -0.15) is 0 Å². The van der Waals surface area contributed by atoms with E-state index in [-0.39, 0.29) is 6.10 Å². The summed E-state index contributed by atoms with van der Waals surface area (Å²) in [7, 11) is 0. The van der Waals surface area contributed by atoms with Gasteiger partial charge in [0.05, 0.1) is 17.2 Å². The van der Waals surface area contributed by atoms with Crippen molar-refractivity contribution in [3.05, 3.63) is 40.9 Å². The van der Waals surface area contributed by atoms with Gasteiger partial charge in [0.1, 0.15) is 5.75 Å². The Bertz CT molecular complexity index is 572. The Kier molecular flexibility index (Phi) is 6.49. The van der Waals surface area contributed by atoms with Gasteiger partial charge in [-0.15, -0.1) is 0 Å². The second-order valence-corrected chi connectivity index (χ2v) is 6.00. The van der Waals surface area contributed by atoms with Crippen LogP contribution in [0, 0.1) is 0 Å². The monoisotopic (exact) mass is 351 g/mol. The van der Waals surface area contributed by atoms with Crippen LogP contribution in [0.2, 0.25) is 0 Å². The van der Waals surface area contributed by atoms with Crippen molar-refractivity contribution in [2.75, 3.05) is 19.7 Å². The van der Waals surface area contributed by atoms with Gasteiger partial charge in [-0.3, -0.25) is 0 Å². The number of fused-ring (bicyclic) bond motifs is 1. The van der Waals surface area contributed by atoms with Gasteiger partial charge in [0, 0.05) is 6.54 Å². The molecule has 21 heavy (non-hydrogen) atoms. The minimum absolute atomic E-state index is 0.283. The van der Waals surface area contributed by atoms with Crippen LogP contribution >= 0.6 is 15.9 Å². The van der Waals surface area contributed by atoms with Gasteiger partial charge in [-0.05, 0) is 59.1 Å². The van der Waals surface area contributed by atoms with E-state index in [2.05, 4.69) is 39.4 Å². The van der Waals surface area contributed by atoms with Gasteiger partial charge in [-0.25, -0.2) is 0 Å². The van der Waals surface area contributed by atoms with Crippen molar-refractivity contribution in [1.82, 2.24) is 5.32 Å². The maximum absolute atomic E-state index is 9.13. The summed E-state index contributed by atoms with van der Waals surface area (Å²) in [6.07, 6.45) is 1.75. The van der Waals surface area contributed by atoms with Crippen LogP contribution in [0.4, 0.5) is 0 Å². The number of rotatable bonds is 8. The second kappa shape index (κ2) is 8.37. The summed E-state index contributed by atoms with van der Waals surface area (Å²) >= 11 is 3.63. The van der Waals surface area contributed by atoms with E-state index >= 15 is 0 Å². The second-order valence-electron chi connectivity index (χ2n) is 5.21. The number of ether oxygens (including phenoxy) is 1. The summed E-state index contributed by atoms with van der Waals surface area (Å²) < 4.78 is 6.87. The van der Waals surface area contributed by atoms with E-state index in [4.69, 9.17) is 9.84 Å². The smallest absolute Gasteiger partial charge is 0.134 e. The molecule has 0 aliphatic carbocycles. The van der Waals surface area contributed by atoms with E-state index in [1.807, 2.05) is 18.2 Å². The summed E-state index contributed by atoms with van der Waals surface area (Å²) in [5, 5.41) is 14.7. The van der Waals surface area contributed by atoms with Crippen LogP contribution in [0.25, 0.3) is 10.8 Å². The third kappa shape index (κ3) is 4.99. The number of unbranched alkanes of at least 4 members (excludes halogenated alkanes) is 1. The van der Waals surface area contributed by atoms with E-state index in [0.29, 0.717) is 13.2 Å². The van der Waals surface area contributed by atoms with Crippen LogP contribution in [-0.2, 0) is 0 Å². The largest absolute Gasteiger partial charge is 0.492 e. The summed E-state index contributed by atoms with van der Waals surface area (Å²) in [4.78, 5) is 0. The zero-order valence-corrected chi connectivity index (χ0v) is 13.9. The predicted octanol–water partition coefficient (Wildman–Crippen LogP) is 3.73. The molecule has 1 atom stereocenters. The number of hydrogen-bond acceptors (Lipinski definition) is 3. The Hall–Kier alpha value is -1.10. The first-order valence-corrected chi connectivity index (χ1v) is 8.16. The molecule has 0 fully saturated rings. The maximum atomic E-state index is 9.13. The minimum atomic E-state index is -0.283. The molecule has 4 heteroatoms. The highest BCUT2D eigenvalue weighted by Crippen LogP contribution is 2.33. The molecule has 0 heterocycles. The topological polar surface area (TPSA) is 41.5 Å². The summed E-state index contributed by atoms with van der Waals surface area (Å²) in [5.41, 5.74) is 0.